The zero-order chi connectivity index (χ0) is 21.3. The molecule has 2 heterocycles. The summed E-state index contributed by atoms with van der Waals surface area (Å²) in [5.74, 6) is 0.793. The highest BCUT2D eigenvalue weighted by Crippen LogP contribution is 2.38. The first-order valence-corrected chi connectivity index (χ1v) is 10.3. The van der Waals surface area contributed by atoms with Crippen molar-refractivity contribution in [3.05, 3.63) is 52.9 Å². The van der Waals surface area contributed by atoms with Crippen LogP contribution in [-0.2, 0) is 11.2 Å². The van der Waals surface area contributed by atoms with E-state index in [-0.39, 0.29) is 18.4 Å². The van der Waals surface area contributed by atoms with E-state index >= 15 is 0 Å². The molecular formula is C22H21N3O4S. The van der Waals surface area contributed by atoms with Crippen molar-refractivity contribution in [3.63, 3.8) is 0 Å². The van der Waals surface area contributed by atoms with Gasteiger partial charge in [0, 0.05) is 17.5 Å². The molecule has 0 aliphatic carbocycles. The number of hydrogen-bond acceptors (Lipinski definition) is 6. The molecule has 2 amide bonds. The Morgan fingerprint density at radius 2 is 2.10 bits per heavy atom. The summed E-state index contributed by atoms with van der Waals surface area (Å²) in [6.45, 7) is 2.08. The van der Waals surface area contributed by atoms with Gasteiger partial charge in [-0.1, -0.05) is 19.1 Å². The summed E-state index contributed by atoms with van der Waals surface area (Å²) in [6, 6.07) is 12.7. The van der Waals surface area contributed by atoms with Crippen LogP contribution in [-0.4, -0.2) is 37.6 Å². The van der Waals surface area contributed by atoms with Crippen LogP contribution in [0.15, 0.2) is 42.5 Å². The predicted octanol–water partition coefficient (Wildman–Crippen LogP) is 3.99. The maximum absolute atomic E-state index is 12.7. The number of nitrogens with one attached hydrogen (secondary N) is 1. The summed E-state index contributed by atoms with van der Waals surface area (Å²) in [6.07, 6.45) is 0.764. The molecule has 1 aliphatic rings. The molecule has 0 atom stereocenters. The van der Waals surface area contributed by atoms with Gasteiger partial charge >= 0.3 is 0 Å². The summed E-state index contributed by atoms with van der Waals surface area (Å²) in [4.78, 5) is 32.0. The minimum absolute atomic E-state index is 0.0406. The van der Waals surface area contributed by atoms with Crippen molar-refractivity contribution in [1.29, 1.82) is 0 Å². The number of aryl methyl sites for hydroxylation is 1. The first-order valence-electron chi connectivity index (χ1n) is 9.49. The molecule has 2 aromatic carbocycles. The van der Waals surface area contributed by atoms with Gasteiger partial charge in [0.25, 0.3) is 11.8 Å². The average molecular weight is 423 g/mol. The molecule has 0 spiro atoms. The number of thiazole rings is 1. The number of carbonyl (C=O) groups is 2. The zero-order valence-corrected chi connectivity index (χ0v) is 17.7. The fourth-order valence-corrected chi connectivity index (χ4v) is 4.21. The van der Waals surface area contributed by atoms with Gasteiger partial charge in [0.05, 0.1) is 24.1 Å². The van der Waals surface area contributed by atoms with Gasteiger partial charge in [0.15, 0.2) is 11.7 Å². The van der Waals surface area contributed by atoms with E-state index in [2.05, 4.69) is 10.3 Å². The number of nitrogens with zero attached hydrogens (tertiary/aromatic N) is 2. The van der Waals surface area contributed by atoms with E-state index in [0.717, 1.165) is 22.6 Å². The second-order valence-electron chi connectivity index (χ2n) is 6.72. The Morgan fingerprint density at radius 1 is 1.30 bits per heavy atom. The van der Waals surface area contributed by atoms with E-state index in [9.17, 15) is 9.59 Å². The number of rotatable bonds is 5. The molecule has 1 aromatic heterocycles. The molecule has 8 heteroatoms. The Balaban J connectivity index is 1.65. The Labute approximate surface area is 178 Å². The predicted molar refractivity (Wildman–Crippen MR) is 117 cm³/mol. The van der Waals surface area contributed by atoms with Crippen LogP contribution < -0.4 is 19.7 Å². The van der Waals surface area contributed by atoms with Crippen LogP contribution in [0.2, 0.25) is 0 Å². The summed E-state index contributed by atoms with van der Waals surface area (Å²) in [7, 11) is 3.26. The highest BCUT2D eigenvalue weighted by molar-refractivity contribution is 7.16. The largest absolute Gasteiger partial charge is 0.496 e. The van der Waals surface area contributed by atoms with E-state index in [1.165, 1.54) is 18.4 Å². The molecule has 7 nitrogen and oxygen atoms in total. The number of ether oxygens (including phenoxy) is 2. The van der Waals surface area contributed by atoms with E-state index in [4.69, 9.17) is 9.47 Å². The van der Waals surface area contributed by atoms with Crippen molar-refractivity contribution < 1.29 is 19.1 Å². The van der Waals surface area contributed by atoms with Gasteiger partial charge in [-0.05, 0) is 36.8 Å². The van der Waals surface area contributed by atoms with Crippen molar-refractivity contribution >= 4 is 34.0 Å². The minimum Gasteiger partial charge on any atom is -0.496 e. The van der Waals surface area contributed by atoms with Crippen molar-refractivity contribution in [3.8, 4) is 22.8 Å². The van der Waals surface area contributed by atoms with Crippen LogP contribution in [0.5, 0.6) is 11.5 Å². The standard InChI is InChI=1S/C22H21N3O4S/c1-4-18-20(13-9-10-17-15(11-13)25(2)19(26)12-29-17)23-22(30-18)24-21(27)14-7-5-6-8-16(14)28-3/h5-11H,4,12H2,1-3H3,(H,23,24,27). The zero-order valence-electron chi connectivity index (χ0n) is 16.9. The molecule has 0 fully saturated rings. The maximum Gasteiger partial charge on any atom is 0.264 e. The molecule has 30 heavy (non-hydrogen) atoms. The van der Waals surface area contributed by atoms with Crippen molar-refractivity contribution in [1.82, 2.24) is 4.98 Å². The van der Waals surface area contributed by atoms with Gasteiger partial charge in [-0.15, -0.1) is 11.3 Å². The highest BCUT2D eigenvalue weighted by atomic mass is 32.1. The van der Waals surface area contributed by atoms with E-state index in [1.807, 2.05) is 31.2 Å². The molecule has 4 rings (SSSR count). The molecule has 154 valence electrons. The first-order chi connectivity index (χ1) is 14.5. The Hall–Kier alpha value is -3.39. The molecule has 0 radical (unpaired) electrons. The second kappa shape index (κ2) is 8.16. The topological polar surface area (TPSA) is 80.8 Å². The van der Waals surface area contributed by atoms with Gasteiger partial charge in [0.1, 0.15) is 11.5 Å². The fourth-order valence-electron chi connectivity index (χ4n) is 3.29. The number of benzene rings is 2. The average Bonchev–Trinajstić information content (AvgIpc) is 3.18. The smallest absolute Gasteiger partial charge is 0.264 e. The number of methoxy groups -OCH3 is 1. The molecule has 0 unspecified atom stereocenters. The number of fused-ring (bicyclic) bond motifs is 1. The van der Waals surface area contributed by atoms with E-state index in [0.29, 0.717) is 27.9 Å². The maximum atomic E-state index is 12.7. The van der Waals surface area contributed by atoms with E-state index < -0.39 is 0 Å². The van der Waals surface area contributed by atoms with Crippen LogP contribution in [0.1, 0.15) is 22.2 Å². The lowest BCUT2D eigenvalue weighted by molar-refractivity contribution is -0.120. The third-order valence-electron chi connectivity index (χ3n) is 4.91. The van der Waals surface area contributed by atoms with Crippen LogP contribution >= 0.6 is 11.3 Å². The lowest BCUT2D eigenvalue weighted by atomic mass is 10.1. The molecule has 0 saturated carbocycles. The Bertz CT molecular complexity index is 1130. The molecule has 1 aliphatic heterocycles. The number of hydrogen-bond donors (Lipinski definition) is 1. The number of para-hydroxylation sites is 1. The van der Waals surface area contributed by atoms with Crippen LogP contribution in [0.3, 0.4) is 0 Å². The lowest BCUT2D eigenvalue weighted by Crippen LogP contribution is -2.35. The number of likely N-dealkylation sites (N-methyl/N-ethyl adjacent to an activating group) is 1. The van der Waals surface area contributed by atoms with Crippen molar-refractivity contribution in [2.45, 2.75) is 13.3 Å². The number of amides is 2. The number of aromatic nitrogens is 1. The Morgan fingerprint density at radius 3 is 2.87 bits per heavy atom. The molecule has 0 saturated heterocycles. The lowest BCUT2D eigenvalue weighted by Gasteiger charge is -2.26. The molecule has 3 aromatic rings. The third kappa shape index (κ3) is 3.61. The number of anilines is 2. The summed E-state index contributed by atoms with van der Waals surface area (Å²) >= 11 is 1.43. The van der Waals surface area contributed by atoms with Gasteiger partial charge < -0.3 is 14.4 Å². The third-order valence-corrected chi connectivity index (χ3v) is 6.02. The van der Waals surface area contributed by atoms with Gasteiger partial charge in [0.2, 0.25) is 0 Å². The SMILES string of the molecule is CCc1sc(NC(=O)c2ccccc2OC)nc1-c1ccc2c(c1)N(C)C(=O)CO2. The number of carbonyl (C=O) groups excluding carboxylic acids is 2. The van der Waals surface area contributed by atoms with Gasteiger partial charge in [-0.25, -0.2) is 4.98 Å². The summed E-state index contributed by atoms with van der Waals surface area (Å²) in [5.41, 5.74) is 2.80. The molecular weight excluding hydrogens is 402 g/mol. The monoisotopic (exact) mass is 423 g/mol. The van der Waals surface area contributed by atoms with Crippen LogP contribution in [0, 0.1) is 0 Å². The highest BCUT2D eigenvalue weighted by Gasteiger charge is 2.24. The van der Waals surface area contributed by atoms with Crippen molar-refractivity contribution in [2.24, 2.45) is 0 Å². The van der Waals surface area contributed by atoms with Crippen LogP contribution in [0.4, 0.5) is 10.8 Å². The van der Waals surface area contributed by atoms with Gasteiger partial charge in [-0.2, -0.15) is 0 Å². The molecule has 0 bridgehead atoms. The van der Waals surface area contributed by atoms with Crippen molar-refractivity contribution in [2.75, 3.05) is 31.0 Å². The summed E-state index contributed by atoms with van der Waals surface area (Å²) in [5, 5.41) is 3.39. The van der Waals surface area contributed by atoms with E-state index in [1.54, 1.807) is 30.1 Å². The molecule has 1 N–H and O–H groups in total. The quantitative estimate of drug-likeness (QED) is 0.671. The second-order valence-corrected chi connectivity index (χ2v) is 7.81. The van der Waals surface area contributed by atoms with Gasteiger partial charge in [-0.3, -0.25) is 14.9 Å². The van der Waals surface area contributed by atoms with Crippen LogP contribution in [0.25, 0.3) is 11.3 Å². The normalized spacial score (nSPS) is 12.9. The first kappa shape index (κ1) is 19.9. The summed E-state index contributed by atoms with van der Waals surface area (Å²) < 4.78 is 10.8. The Kier molecular flexibility index (Phi) is 5.41. The fraction of sp³-hybridized carbons (Fsp3) is 0.227. The minimum atomic E-state index is -0.278.